The maximum Gasteiger partial charge on any atom is 0.248 e. The largest absolute Gasteiger partial charge is 0.324 e. The quantitative estimate of drug-likeness (QED) is 0.816. The number of amides is 2. The van der Waals surface area contributed by atoms with Crippen molar-refractivity contribution < 1.29 is 22.8 Å². The van der Waals surface area contributed by atoms with Crippen LogP contribution < -0.4 is 10.6 Å². The Morgan fingerprint density at radius 3 is 2.68 bits per heavy atom. The molecular formula is C12H8F3N5O2. The Morgan fingerprint density at radius 1 is 1.32 bits per heavy atom. The van der Waals surface area contributed by atoms with Gasteiger partial charge in [0.25, 0.3) is 0 Å². The third-order valence-electron chi connectivity index (χ3n) is 3.09. The second-order valence-corrected chi connectivity index (χ2v) is 4.57. The molecule has 0 bridgehead atoms. The van der Waals surface area contributed by atoms with Gasteiger partial charge in [-0.1, -0.05) is 0 Å². The number of aromatic nitrogens is 3. The standard InChI is InChI=1S/C12H8F3N5O2/c13-6-1-5(2-7(14)10(6)15)17-11(22)8-3-9(21)18-12-19-16-4-20(8)12/h1-2,4,8H,3H2,(H,17,22)(H,18,19,21)/t8-/m1/s1. The van der Waals surface area contributed by atoms with E-state index in [1.165, 1.54) is 10.9 Å². The van der Waals surface area contributed by atoms with Gasteiger partial charge in [-0.25, -0.2) is 13.2 Å². The lowest BCUT2D eigenvalue weighted by Gasteiger charge is -2.23. The molecule has 0 aliphatic carbocycles. The maximum absolute atomic E-state index is 13.1. The lowest BCUT2D eigenvalue weighted by atomic mass is 10.1. The lowest BCUT2D eigenvalue weighted by molar-refractivity contribution is -0.125. The monoisotopic (exact) mass is 311 g/mol. The first kappa shape index (κ1) is 14.0. The van der Waals surface area contributed by atoms with Gasteiger partial charge in [-0.15, -0.1) is 10.2 Å². The molecule has 0 radical (unpaired) electrons. The zero-order chi connectivity index (χ0) is 15.9. The first-order valence-electron chi connectivity index (χ1n) is 6.10. The summed E-state index contributed by atoms with van der Waals surface area (Å²) in [5.74, 6) is -5.55. The molecule has 3 rings (SSSR count). The van der Waals surface area contributed by atoms with E-state index in [-0.39, 0.29) is 18.1 Å². The van der Waals surface area contributed by atoms with Crippen LogP contribution in [0.1, 0.15) is 12.5 Å². The summed E-state index contributed by atoms with van der Waals surface area (Å²) in [5.41, 5.74) is -0.262. The van der Waals surface area contributed by atoms with Crippen LogP contribution in [0.4, 0.5) is 24.8 Å². The average Bonchev–Trinajstić information content (AvgIpc) is 2.91. The number of carbonyl (C=O) groups excluding carboxylic acids is 2. The Morgan fingerprint density at radius 2 is 2.00 bits per heavy atom. The van der Waals surface area contributed by atoms with Gasteiger partial charge in [0.1, 0.15) is 12.4 Å². The molecule has 1 aromatic carbocycles. The molecule has 1 atom stereocenters. The van der Waals surface area contributed by atoms with Crippen molar-refractivity contribution in [1.82, 2.24) is 14.8 Å². The highest BCUT2D eigenvalue weighted by Crippen LogP contribution is 2.24. The lowest BCUT2D eigenvalue weighted by Crippen LogP contribution is -2.35. The fourth-order valence-corrected chi connectivity index (χ4v) is 2.08. The molecule has 1 aliphatic rings. The van der Waals surface area contributed by atoms with Crippen molar-refractivity contribution in [1.29, 1.82) is 0 Å². The topological polar surface area (TPSA) is 88.9 Å². The number of hydrogen-bond acceptors (Lipinski definition) is 4. The molecule has 2 amide bonds. The van der Waals surface area contributed by atoms with Gasteiger partial charge in [0.15, 0.2) is 17.5 Å². The molecule has 7 nitrogen and oxygen atoms in total. The molecule has 114 valence electrons. The molecular weight excluding hydrogens is 303 g/mol. The van der Waals surface area contributed by atoms with Gasteiger partial charge in [0.05, 0.1) is 6.42 Å². The fourth-order valence-electron chi connectivity index (χ4n) is 2.08. The molecule has 0 saturated heterocycles. The van der Waals surface area contributed by atoms with Gasteiger partial charge >= 0.3 is 0 Å². The van der Waals surface area contributed by atoms with Crippen LogP contribution in [0.5, 0.6) is 0 Å². The predicted octanol–water partition coefficient (Wildman–Crippen LogP) is 1.22. The SMILES string of the molecule is O=C1C[C@H](C(=O)Nc2cc(F)c(F)c(F)c2)n2cnnc2N1. The summed E-state index contributed by atoms with van der Waals surface area (Å²) in [5, 5.41) is 11.8. The third-order valence-corrected chi connectivity index (χ3v) is 3.09. The van der Waals surface area contributed by atoms with Crippen molar-refractivity contribution >= 4 is 23.5 Å². The van der Waals surface area contributed by atoms with Crippen molar-refractivity contribution in [2.75, 3.05) is 10.6 Å². The van der Waals surface area contributed by atoms with Crippen molar-refractivity contribution in [3.63, 3.8) is 0 Å². The van der Waals surface area contributed by atoms with Crippen molar-refractivity contribution in [3.8, 4) is 0 Å². The van der Waals surface area contributed by atoms with Crippen molar-refractivity contribution in [2.24, 2.45) is 0 Å². The summed E-state index contributed by atoms with van der Waals surface area (Å²) in [6.45, 7) is 0. The molecule has 2 heterocycles. The number of nitrogens with zero attached hydrogens (tertiary/aromatic N) is 3. The first-order chi connectivity index (χ1) is 10.5. The second-order valence-electron chi connectivity index (χ2n) is 4.57. The smallest absolute Gasteiger partial charge is 0.248 e. The van der Waals surface area contributed by atoms with Crippen LogP contribution in [0.2, 0.25) is 0 Å². The van der Waals surface area contributed by atoms with Gasteiger partial charge in [-0.2, -0.15) is 0 Å². The third kappa shape index (κ3) is 2.38. The molecule has 0 spiro atoms. The summed E-state index contributed by atoms with van der Waals surface area (Å²) in [6.07, 6.45) is 1.05. The number of benzene rings is 1. The minimum absolute atomic E-state index is 0.0906. The van der Waals surface area contributed by atoms with Crippen molar-refractivity contribution in [2.45, 2.75) is 12.5 Å². The van der Waals surface area contributed by atoms with E-state index in [4.69, 9.17) is 0 Å². The Labute approximate surface area is 121 Å². The van der Waals surface area contributed by atoms with Gasteiger partial charge in [-0.05, 0) is 0 Å². The van der Waals surface area contributed by atoms with E-state index < -0.39 is 35.3 Å². The van der Waals surface area contributed by atoms with Gasteiger partial charge in [0.2, 0.25) is 17.8 Å². The van der Waals surface area contributed by atoms with Crippen LogP contribution >= 0.6 is 0 Å². The highest BCUT2D eigenvalue weighted by atomic mass is 19.2. The maximum atomic E-state index is 13.1. The molecule has 2 aromatic rings. The highest BCUT2D eigenvalue weighted by molar-refractivity contribution is 6.00. The predicted molar refractivity (Wildman–Crippen MR) is 67.3 cm³/mol. The van der Waals surface area contributed by atoms with E-state index >= 15 is 0 Å². The minimum Gasteiger partial charge on any atom is -0.324 e. The number of hydrogen-bond donors (Lipinski definition) is 2. The summed E-state index contributed by atoms with van der Waals surface area (Å²) in [4.78, 5) is 23.7. The summed E-state index contributed by atoms with van der Waals surface area (Å²) < 4.78 is 40.4. The van der Waals surface area contributed by atoms with Crippen LogP contribution in [-0.2, 0) is 9.59 Å². The molecule has 10 heteroatoms. The number of halogens is 3. The number of rotatable bonds is 2. The molecule has 0 fully saturated rings. The summed E-state index contributed by atoms with van der Waals surface area (Å²) >= 11 is 0. The number of carbonyl (C=O) groups is 2. The van der Waals surface area contributed by atoms with Crippen LogP contribution in [0.25, 0.3) is 0 Å². The summed E-state index contributed by atoms with van der Waals surface area (Å²) in [7, 11) is 0. The molecule has 0 unspecified atom stereocenters. The van der Waals surface area contributed by atoms with Crippen molar-refractivity contribution in [3.05, 3.63) is 35.9 Å². The molecule has 0 saturated carbocycles. The second kappa shape index (κ2) is 5.13. The van der Waals surface area contributed by atoms with Gasteiger partial charge < -0.3 is 5.32 Å². The van der Waals surface area contributed by atoms with E-state index in [1.54, 1.807) is 0 Å². The number of nitrogens with one attached hydrogen (secondary N) is 2. The number of anilines is 2. The van der Waals surface area contributed by atoms with Crippen LogP contribution in [0, 0.1) is 17.5 Å². The first-order valence-corrected chi connectivity index (χ1v) is 6.10. The normalized spacial score (nSPS) is 16.9. The Bertz CT molecular complexity index is 753. The number of fused-ring (bicyclic) bond motifs is 1. The average molecular weight is 311 g/mol. The van der Waals surface area contributed by atoms with E-state index in [2.05, 4.69) is 20.8 Å². The van der Waals surface area contributed by atoms with E-state index in [0.717, 1.165) is 0 Å². The Balaban J connectivity index is 1.86. The Hall–Kier alpha value is -2.91. The zero-order valence-corrected chi connectivity index (χ0v) is 10.8. The minimum atomic E-state index is -1.63. The fraction of sp³-hybridized carbons (Fsp3) is 0.167. The Kier molecular flexibility index (Phi) is 3.28. The van der Waals surface area contributed by atoms with Gasteiger partial charge in [0, 0.05) is 17.8 Å². The molecule has 1 aromatic heterocycles. The van der Waals surface area contributed by atoms with Crippen LogP contribution in [0.15, 0.2) is 18.5 Å². The van der Waals surface area contributed by atoms with Crippen LogP contribution in [0.3, 0.4) is 0 Å². The molecule has 1 aliphatic heterocycles. The van der Waals surface area contributed by atoms with Gasteiger partial charge in [-0.3, -0.25) is 19.5 Å². The molecule has 22 heavy (non-hydrogen) atoms. The van der Waals surface area contributed by atoms with E-state index in [9.17, 15) is 22.8 Å². The zero-order valence-electron chi connectivity index (χ0n) is 10.8. The van der Waals surface area contributed by atoms with Crippen LogP contribution in [-0.4, -0.2) is 26.6 Å². The molecule has 2 N–H and O–H groups in total. The summed E-state index contributed by atoms with van der Waals surface area (Å²) in [6, 6.07) is 0.313. The highest BCUT2D eigenvalue weighted by Gasteiger charge is 2.31. The van der Waals surface area contributed by atoms with E-state index in [1.807, 2.05) is 0 Å². The van der Waals surface area contributed by atoms with E-state index in [0.29, 0.717) is 12.1 Å².